The molecule has 96 valence electrons. The summed E-state index contributed by atoms with van der Waals surface area (Å²) in [6.45, 7) is 1.63. The van der Waals surface area contributed by atoms with Crippen molar-refractivity contribution in [1.82, 2.24) is 15.2 Å². The topological polar surface area (TPSA) is 97.0 Å². The number of rotatable bonds is 4. The lowest BCUT2D eigenvalue weighted by molar-refractivity contribution is 0.400. The maximum atomic E-state index is 12.1. The molecule has 0 amide bonds. The van der Waals surface area contributed by atoms with Crippen LogP contribution in [0.5, 0.6) is 5.88 Å². The third kappa shape index (κ3) is 2.28. The Morgan fingerprint density at radius 1 is 1.44 bits per heavy atom. The number of sulfonamides is 1. The van der Waals surface area contributed by atoms with Crippen LogP contribution in [0.3, 0.4) is 0 Å². The molecule has 2 N–H and O–H groups in total. The molecule has 0 saturated heterocycles. The third-order valence-corrected chi connectivity index (χ3v) is 3.76. The quantitative estimate of drug-likeness (QED) is 0.859. The molecule has 7 nitrogen and oxygen atoms in total. The van der Waals surface area contributed by atoms with Crippen molar-refractivity contribution in [2.45, 2.75) is 11.8 Å². The molecule has 18 heavy (non-hydrogen) atoms. The van der Waals surface area contributed by atoms with E-state index in [-0.39, 0.29) is 16.5 Å². The second-order valence-electron chi connectivity index (χ2n) is 3.52. The van der Waals surface area contributed by atoms with Crippen LogP contribution in [0.4, 0.5) is 5.69 Å². The molecule has 2 rings (SSSR count). The average Bonchev–Trinajstić information content (AvgIpc) is 2.76. The second kappa shape index (κ2) is 4.65. The zero-order valence-corrected chi connectivity index (χ0v) is 10.7. The molecule has 0 saturated carbocycles. The van der Waals surface area contributed by atoms with Crippen LogP contribution in [0.1, 0.15) is 5.69 Å². The van der Waals surface area contributed by atoms with Gasteiger partial charge in [-0.05, 0) is 19.1 Å². The number of hydrogen-bond acceptors (Lipinski definition) is 5. The normalized spacial score (nSPS) is 11.2. The standard InChI is InChI=1S/C10H12N4O3S/c1-7-9(6-12-13-7)18(15,16)14-8-4-3-5-11-10(8)17-2/h3-6,14H,1-2H3,(H,12,13). The van der Waals surface area contributed by atoms with Crippen LogP contribution in [0.2, 0.25) is 0 Å². The van der Waals surface area contributed by atoms with Gasteiger partial charge in [0.05, 0.1) is 19.0 Å². The average molecular weight is 268 g/mol. The number of aromatic nitrogens is 3. The van der Waals surface area contributed by atoms with Gasteiger partial charge in [-0.15, -0.1) is 0 Å². The Kier molecular flexibility index (Phi) is 3.19. The van der Waals surface area contributed by atoms with Gasteiger partial charge >= 0.3 is 0 Å². The molecule has 8 heteroatoms. The van der Waals surface area contributed by atoms with Crippen LogP contribution in [-0.2, 0) is 10.0 Å². The minimum atomic E-state index is -3.70. The maximum absolute atomic E-state index is 12.1. The van der Waals surface area contributed by atoms with Crippen LogP contribution in [0.15, 0.2) is 29.4 Å². The van der Waals surface area contributed by atoms with Gasteiger partial charge < -0.3 is 4.74 Å². The van der Waals surface area contributed by atoms with Crippen molar-refractivity contribution < 1.29 is 13.2 Å². The van der Waals surface area contributed by atoms with Gasteiger partial charge in [-0.1, -0.05) is 0 Å². The summed E-state index contributed by atoms with van der Waals surface area (Å²) in [6.07, 6.45) is 2.76. The summed E-state index contributed by atoms with van der Waals surface area (Å²) in [5.74, 6) is 0.210. The van der Waals surface area contributed by atoms with Gasteiger partial charge in [0.25, 0.3) is 10.0 Å². The van der Waals surface area contributed by atoms with Crippen molar-refractivity contribution in [3.8, 4) is 5.88 Å². The zero-order valence-electron chi connectivity index (χ0n) is 9.84. The van der Waals surface area contributed by atoms with Crippen molar-refractivity contribution in [2.75, 3.05) is 11.8 Å². The number of H-pyrrole nitrogens is 1. The van der Waals surface area contributed by atoms with Crippen LogP contribution < -0.4 is 9.46 Å². The molecule has 0 aliphatic rings. The van der Waals surface area contributed by atoms with Gasteiger partial charge in [0.1, 0.15) is 10.6 Å². The van der Waals surface area contributed by atoms with E-state index in [1.54, 1.807) is 19.1 Å². The Labute approximate surface area is 104 Å². The predicted molar refractivity (Wildman–Crippen MR) is 64.9 cm³/mol. The fraction of sp³-hybridized carbons (Fsp3) is 0.200. The van der Waals surface area contributed by atoms with E-state index in [0.29, 0.717) is 5.69 Å². The Morgan fingerprint density at radius 2 is 2.22 bits per heavy atom. The summed E-state index contributed by atoms with van der Waals surface area (Å²) in [5, 5.41) is 6.25. The molecular weight excluding hydrogens is 256 g/mol. The monoisotopic (exact) mass is 268 g/mol. The molecular formula is C10H12N4O3S. The van der Waals surface area contributed by atoms with Crippen molar-refractivity contribution in [2.24, 2.45) is 0 Å². The Balaban J connectivity index is 2.37. The van der Waals surface area contributed by atoms with E-state index in [1.165, 1.54) is 19.5 Å². The van der Waals surface area contributed by atoms with Crippen molar-refractivity contribution in [3.63, 3.8) is 0 Å². The number of aromatic amines is 1. The maximum Gasteiger partial charge on any atom is 0.265 e. The van der Waals surface area contributed by atoms with Crippen LogP contribution in [0, 0.1) is 6.92 Å². The third-order valence-electron chi connectivity index (χ3n) is 2.28. The summed E-state index contributed by atoms with van der Waals surface area (Å²) < 4.78 is 31.6. The first-order valence-electron chi connectivity index (χ1n) is 5.06. The van der Waals surface area contributed by atoms with E-state index in [4.69, 9.17) is 4.74 Å². The fourth-order valence-electron chi connectivity index (χ4n) is 1.44. The van der Waals surface area contributed by atoms with Crippen molar-refractivity contribution in [1.29, 1.82) is 0 Å². The summed E-state index contributed by atoms with van der Waals surface area (Å²) in [7, 11) is -2.28. The SMILES string of the molecule is COc1ncccc1NS(=O)(=O)c1cn[nH]c1C. The summed E-state index contributed by atoms with van der Waals surface area (Å²) in [4.78, 5) is 4.00. The number of ether oxygens (including phenoxy) is 1. The van der Waals surface area contributed by atoms with E-state index < -0.39 is 10.0 Å². The largest absolute Gasteiger partial charge is 0.480 e. The van der Waals surface area contributed by atoms with Gasteiger partial charge in [0.15, 0.2) is 0 Å². The highest BCUT2D eigenvalue weighted by molar-refractivity contribution is 7.92. The highest BCUT2D eigenvalue weighted by Gasteiger charge is 2.20. The second-order valence-corrected chi connectivity index (χ2v) is 5.18. The Hall–Kier alpha value is -2.09. The van der Waals surface area contributed by atoms with Crippen molar-refractivity contribution in [3.05, 3.63) is 30.2 Å². The lowest BCUT2D eigenvalue weighted by Gasteiger charge is -2.09. The molecule has 0 unspecified atom stereocenters. The fourth-order valence-corrected chi connectivity index (χ4v) is 2.64. The summed E-state index contributed by atoms with van der Waals surface area (Å²) in [5.41, 5.74) is 0.742. The van der Waals surface area contributed by atoms with Gasteiger partial charge in [-0.2, -0.15) is 5.10 Å². The number of anilines is 1. The molecule has 2 aromatic heterocycles. The number of nitrogens with zero attached hydrogens (tertiary/aromatic N) is 2. The molecule has 0 radical (unpaired) electrons. The number of aryl methyl sites for hydroxylation is 1. The lowest BCUT2D eigenvalue weighted by atomic mass is 10.4. The number of methoxy groups -OCH3 is 1. The minimum Gasteiger partial charge on any atom is -0.480 e. The minimum absolute atomic E-state index is 0.0911. The van der Waals surface area contributed by atoms with Crippen LogP contribution in [-0.4, -0.2) is 30.7 Å². The first-order chi connectivity index (χ1) is 8.54. The summed E-state index contributed by atoms with van der Waals surface area (Å²) in [6, 6.07) is 3.18. The first kappa shape index (κ1) is 12.4. The highest BCUT2D eigenvalue weighted by Crippen LogP contribution is 2.24. The van der Waals surface area contributed by atoms with E-state index in [9.17, 15) is 8.42 Å². The molecule has 0 aliphatic carbocycles. The zero-order chi connectivity index (χ0) is 13.2. The number of nitrogens with one attached hydrogen (secondary N) is 2. The van der Waals surface area contributed by atoms with Gasteiger partial charge in [-0.3, -0.25) is 9.82 Å². The molecule has 0 spiro atoms. The first-order valence-corrected chi connectivity index (χ1v) is 6.54. The van der Waals surface area contributed by atoms with E-state index in [1.807, 2.05) is 0 Å². The Morgan fingerprint density at radius 3 is 2.83 bits per heavy atom. The van der Waals surface area contributed by atoms with E-state index >= 15 is 0 Å². The smallest absolute Gasteiger partial charge is 0.265 e. The van der Waals surface area contributed by atoms with Crippen LogP contribution in [0.25, 0.3) is 0 Å². The number of hydrogen-bond donors (Lipinski definition) is 2. The molecule has 2 aromatic rings. The molecule has 0 bridgehead atoms. The molecule has 0 fully saturated rings. The molecule has 0 aromatic carbocycles. The van der Waals surface area contributed by atoms with E-state index in [0.717, 1.165) is 0 Å². The van der Waals surface area contributed by atoms with Crippen LogP contribution >= 0.6 is 0 Å². The number of pyridine rings is 1. The molecule has 0 atom stereocenters. The predicted octanol–water partition coefficient (Wildman–Crippen LogP) is 0.923. The van der Waals surface area contributed by atoms with Gasteiger partial charge in [0.2, 0.25) is 5.88 Å². The Bertz CT molecular complexity index is 651. The highest BCUT2D eigenvalue weighted by atomic mass is 32.2. The van der Waals surface area contributed by atoms with E-state index in [2.05, 4.69) is 19.9 Å². The molecule has 2 heterocycles. The lowest BCUT2D eigenvalue weighted by Crippen LogP contribution is -2.14. The summed E-state index contributed by atoms with van der Waals surface area (Å²) >= 11 is 0. The van der Waals surface area contributed by atoms with Crippen molar-refractivity contribution >= 4 is 15.7 Å². The van der Waals surface area contributed by atoms with Gasteiger partial charge in [-0.25, -0.2) is 13.4 Å². The molecule has 0 aliphatic heterocycles. The van der Waals surface area contributed by atoms with Gasteiger partial charge in [0, 0.05) is 6.20 Å².